The van der Waals surface area contributed by atoms with E-state index in [2.05, 4.69) is 20.9 Å². The average Bonchev–Trinajstić information content (AvgIpc) is 2.90. The van der Waals surface area contributed by atoms with Crippen molar-refractivity contribution in [3.8, 4) is 11.6 Å². The van der Waals surface area contributed by atoms with Gasteiger partial charge in [-0.05, 0) is 24.3 Å². The van der Waals surface area contributed by atoms with Gasteiger partial charge in [-0.2, -0.15) is 8.42 Å². The number of ether oxygens (including phenoxy) is 1. The first-order valence-corrected chi connectivity index (χ1v) is 9.20. The molecule has 2 aromatic rings. The number of carbonyl (C=O) groups is 1. The van der Waals surface area contributed by atoms with E-state index in [-0.39, 0.29) is 13.0 Å². The topological polar surface area (TPSA) is 76.6 Å². The summed E-state index contributed by atoms with van der Waals surface area (Å²) in [6.07, 6.45) is 1.02. The highest BCUT2D eigenvalue weighted by atomic mass is 79.9. The van der Waals surface area contributed by atoms with Crippen LogP contribution in [0.2, 0.25) is 0 Å². The van der Waals surface area contributed by atoms with Crippen molar-refractivity contribution in [2.24, 2.45) is 0 Å². The van der Waals surface area contributed by atoms with Gasteiger partial charge in [-0.15, -0.1) is 3.89 Å². The summed E-state index contributed by atoms with van der Waals surface area (Å²) in [6.45, 7) is -0.217. The number of anilines is 1. The average molecular weight is 415 g/mol. The van der Waals surface area contributed by atoms with Crippen molar-refractivity contribution >= 4 is 37.7 Å². The molecule has 1 unspecified atom stereocenters. The first kappa shape index (κ1) is 16.8. The first-order valence-electron chi connectivity index (χ1n) is 6.96. The second-order valence-corrected chi connectivity index (χ2v) is 7.75. The maximum atomic E-state index is 13.0. The predicted octanol–water partition coefficient (Wildman–Crippen LogP) is 3.04. The van der Waals surface area contributed by atoms with Gasteiger partial charge in [0.2, 0.25) is 11.8 Å². The molecule has 1 atom stereocenters. The van der Waals surface area contributed by atoms with Gasteiger partial charge in [0.05, 0.1) is 11.9 Å². The molecule has 0 spiro atoms. The fourth-order valence-corrected chi connectivity index (χ4v) is 3.40. The van der Waals surface area contributed by atoms with Gasteiger partial charge in [-0.3, -0.25) is 4.79 Å². The Morgan fingerprint density at radius 3 is 2.67 bits per heavy atom. The molecule has 1 saturated heterocycles. The fraction of sp³-hybridized carbons (Fsp3) is 0.200. The molecule has 126 valence electrons. The molecule has 0 N–H and O–H groups in total. The second kappa shape index (κ2) is 6.48. The summed E-state index contributed by atoms with van der Waals surface area (Å²) < 4.78 is 41.4. The smallest absolute Gasteiger partial charge is 0.307 e. The minimum atomic E-state index is -4.74. The summed E-state index contributed by atoms with van der Waals surface area (Å²) in [5.74, 6) is 0.451. The highest BCUT2D eigenvalue weighted by Gasteiger charge is 2.39. The zero-order valence-corrected chi connectivity index (χ0v) is 14.6. The molecule has 2 heterocycles. The van der Waals surface area contributed by atoms with Crippen LogP contribution in [0.4, 0.5) is 9.57 Å². The van der Waals surface area contributed by atoms with E-state index in [1.54, 1.807) is 24.3 Å². The maximum Gasteiger partial charge on any atom is 0.307 e. The van der Waals surface area contributed by atoms with Gasteiger partial charge in [-0.1, -0.05) is 22.0 Å². The molecule has 1 aliphatic heterocycles. The van der Waals surface area contributed by atoms with Crippen LogP contribution in [0.15, 0.2) is 47.1 Å². The van der Waals surface area contributed by atoms with E-state index in [1.807, 2.05) is 12.1 Å². The Morgan fingerprint density at radius 1 is 1.29 bits per heavy atom. The second-order valence-electron chi connectivity index (χ2n) is 5.22. The summed E-state index contributed by atoms with van der Waals surface area (Å²) in [5.41, 5.74) is 0.396. The largest absolute Gasteiger partial charge is 0.439 e. The van der Waals surface area contributed by atoms with Gasteiger partial charge in [0.25, 0.3) is 0 Å². The van der Waals surface area contributed by atoms with Gasteiger partial charge >= 0.3 is 10.2 Å². The SMILES string of the molecule is O=C1CC(S(=O)(=O)F)CN1c1ccc(Oc2cccc(Br)c2)nc1. The lowest BCUT2D eigenvalue weighted by atomic mass is 10.3. The Hall–Kier alpha value is -2.00. The predicted molar refractivity (Wildman–Crippen MR) is 89.2 cm³/mol. The van der Waals surface area contributed by atoms with Crippen molar-refractivity contribution in [1.82, 2.24) is 4.98 Å². The van der Waals surface area contributed by atoms with Gasteiger partial charge < -0.3 is 9.64 Å². The Kier molecular flexibility index (Phi) is 4.55. The van der Waals surface area contributed by atoms with Crippen molar-refractivity contribution in [3.05, 3.63) is 47.1 Å². The molecule has 1 aliphatic rings. The van der Waals surface area contributed by atoms with E-state index >= 15 is 0 Å². The summed E-state index contributed by atoms with van der Waals surface area (Å²) in [7, 11) is -4.74. The highest BCUT2D eigenvalue weighted by Crippen LogP contribution is 2.28. The van der Waals surface area contributed by atoms with Gasteiger partial charge in [0.1, 0.15) is 11.0 Å². The van der Waals surface area contributed by atoms with Crippen molar-refractivity contribution in [1.29, 1.82) is 0 Å². The number of pyridine rings is 1. The summed E-state index contributed by atoms with van der Waals surface area (Å²) in [4.78, 5) is 17.2. The number of hydrogen-bond acceptors (Lipinski definition) is 5. The number of rotatable bonds is 4. The van der Waals surface area contributed by atoms with E-state index in [0.29, 0.717) is 17.3 Å². The molecule has 3 rings (SSSR count). The zero-order valence-electron chi connectivity index (χ0n) is 12.2. The molecule has 1 aromatic carbocycles. The lowest BCUT2D eigenvalue weighted by Gasteiger charge is -2.16. The van der Waals surface area contributed by atoms with Crippen molar-refractivity contribution in [2.45, 2.75) is 11.7 Å². The summed E-state index contributed by atoms with van der Waals surface area (Å²) in [6, 6.07) is 10.3. The molecule has 0 saturated carbocycles. The van der Waals surface area contributed by atoms with E-state index < -0.39 is 21.4 Å². The van der Waals surface area contributed by atoms with Crippen molar-refractivity contribution in [3.63, 3.8) is 0 Å². The molecular formula is C15H12BrFN2O4S. The van der Waals surface area contributed by atoms with E-state index in [4.69, 9.17) is 4.74 Å². The van der Waals surface area contributed by atoms with Gasteiger partial charge in [-0.25, -0.2) is 4.98 Å². The van der Waals surface area contributed by atoms with E-state index in [0.717, 1.165) is 4.47 Å². The zero-order chi connectivity index (χ0) is 17.3. The minimum absolute atomic E-state index is 0.217. The third kappa shape index (κ3) is 3.73. The molecule has 6 nitrogen and oxygen atoms in total. The van der Waals surface area contributed by atoms with Crippen LogP contribution in [-0.4, -0.2) is 31.1 Å². The number of amides is 1. The number of halogens is 2. The number of carbonyl (C=O) groups excluding carboxylic acids is 1. The molecule has 1 amide bonds. The third-order valence-corrected chi connectivity index (χ3v) is 5.14. The quantitative estimate of drug-likeness (QED) is 0.718. The van der Waals surface area contributed by atoms with Crippen LogP contribution >= 0.6 is 15.9 Å². The van der Waals surface area contributed by atoms with E-state index in [9.17, 15) is 17.1 Å². The van der Waals surface area contributed by atoms with Crippen LogP contribution in [0, 0.1) is 0 Å². The van der Waals surface area contributed by atoms with Gasteiger partial charge in [0, 0.05) is 23.5 Å². The molecular weight excluding hydrogens is 403 g/mol. The molecule has 9 heteroatoms. The Balaban J connectivity index is 1.74. The lowest BCUT2D eigenvalue weighted by molar-refractivity contribution is -0.117. The number of benzene rings is 1. The standard InChI is InChI=1S/C15H12BrFN2O4S/c16-10-2-1-3-12(6-10)23-14-5-4-11(8-18-14)19-9-13(7-15(19)20)24(17,21)22/h1-6,8,13H,7,9H2. The van der Waals surface area contributed by atoms with Crippen LogP contribution in [0.25, 0.3) is 0 Å². The van der Waals surface area contributed by atoms with Gasteiger partial charge in [0.15, 0.2) is 0 Å². The van der Waals surface area contributed by atoms with Crippen LogP contribution in [-0.2, 0) is 15.0 Å². The highest BCUT2D eigenvalue weighted by molar-refractivity contribution is 9.10. The number of hydrogen-bond donors (Lipinski definition) is 0. The molecule has 0 bridgehead atoms. The van der Waals surface area contributed by atoms with Crippen LogP contribution in [0.3, 0.4) is 0 Å². The monoisotopic (exact) mass is 414 g/mol. The van der Waals surface area contributed by atoms with Crippen molar-refractivity contribution < 1.29 is 21.8 Å². The Bertz CT molecular complexity index is 873. The normalized spacial score (nSPS) is 18.0. The molecule has 1 aromatic heterocycles. The Labute approximate surface area is 146 Å². The van der Waals surface area contributed by atoms with Crippen LogP contribution < -0.4 is 9.64 Å². The molecule has 1 fully saturated rings. The summed E-state index contributed by atoms with van der Waals surface area (Å²) in [5, 5.41) is -1.33. The van der Waals surface area contributed by atoms with Crippen molar-refractivity contribution in [2.75, 3.05) is 11.4 Å². The lowest BCUT2D eigenvalue weighted by Crippen LogP contribution is -2.26. The molecule has 0 radical (unpaired) electrons. The summed E-state index contributed by atoms with van der Waals surface area (Å²) >= 11 is 3.34. The number of nitrogens with zero attached hydrogens (tertiary/aromatic N) is 2. The van der Waals surface area contributed by atoms with Crippen LogP contribution in [0.1, 0.15) is 6.42 Å². The van der Waals surface area contributed by atoms with E-state index in [1.165, 1.54) is 11.1 Å². The third-order valence-electron chi connectivity index (χ3n) is 3.54. The number of aromatic nitrogens is 1. The molecule has 0 aliphatic carbocycles. The Morgan fingerprint density at radius 2 is 2.08 bits per heavy atom. The fourth-order valence-electron chi connectivity index (χ4n) is 2.36. The van der Waals surface area contributed by atoms with Crippen LogP contribution in [0.5, 0.6) is 11.6 Å². The maximum absolute atomic E-state index is 13.0. The molecule has 24 heavy (non-hydrogen) atoms. The minimum Gasteiger partial charge on any atom is -0.439 e. The first-order chi connectivity index (χ1) is 11.3.